The predicted molar refractivity (Wildman–Crippen MR) is 104 cm³/mol. The summed E-state index contributed by atoms with van der Waals surface area (Å²) in [5.74, 6) is 0.206. The normalized spacial score (nSPS) is 10.4. The molecule has 0 radical (unpaired) electrons. The van der Waals surface area contributed by atoms with E-state index in [0.29, 0.717) is 22.9 Å². The van der Waals surface area contributed by atoms with Crippen molar-refractivity contribution in [1.82, 2.24) is 4.98 Å². The van der Waals surface area contributed by atoms with Gasteiger partial charge in [0.05, 0.1) is 23.3 Å². The van der Waals surface area contributed by atoms with Gasteiger partial charge in [0.1, 0.15) is 5.75 Å². The zero-order valence-corrected chi connectivity index (χ0v) is 15.6. The number of nitrogens with zero attached hydrogens (tertiary/aromatic N) is 2. The molecule has 7 nitrogen and oxygen atoms in total. The van der Waals surface area contributed by atoms with E-state index < -0.39 is 4.92 Å². The Morgan fingerprint density at radius 3 is 2.59 bits per heavy atom. The Balaban J connectivity index is 1.74. The number of hydrogen-bond donors (Lipinski definition) is 1. The van der Waals surface area contributed by atoms with Gasteiger partial charge < -0.3 is 4.74 Å². The first-order chi connectivity index (χ1) is 13.0. The number of aryl methyl sites for hydroxylation is 1. The van der Waals surface area contributed by atoms with Gasteiger partial charge in [-0.05, 0) is 24.6 Å². The first kappa shape index (κ1) is 18.5. The molecular formula is C19H17N3O4S. The summed E-state index contributed by atoms with van der Waals surface area (Å²) >= 11 is 1.38. The molecule has 1 heterocycles. The number of benzene rings is 2. The molecule has 3 aromatic rings. The van der Waals surface area contributed by atoms with Crippen LogP contribution >= 0.6 is 11.3 Å². The lowest BCUT2D eigenvalue weighted by atomic mass is 10.1. The summed E-state index contributed by atoms with van der Waals surface area (Å²) in [7, 11) is 1.52. The number of thiazole rings is 1. The van der Waals surface area contributed by atoms with Crippen LogP contribution in [0.2, 0.25) is 0 Å². The fourth-order valence-electron chi connectivity index (χ4n) is 2.56. The average Bonchev–Trinajstić information content (AvgIpc) is 3.00. The van der Waals surface area contributed by atoms with Gasteiger partial charge in [0.25, 0.3) is 11.6 Å². The molecule has 8 heteroatoms. The van der Waals surface area contributed by atoms with Gasteiger partial charge >= 0.3 is 0 Å². The molecule has 0 spiro atoms. The minimum atomic E-state index is -0.423. The fraction of sp³-hybridized carbons (Fsp3) is 0.158. The first-order valence-corrected chi connectivity index (χ1v) is 8.93. The standard InChI is InChI=1S/C19H17N3O4S/c1-12-17(11-13-7-9-14(10-8-13)22(24)25)27-19(20-12)21-18(23)15-5-3-4-6-16(15)26-2/h3-10H,11H2,1-2H3,(H,20,21,23). The van der Waals surface area contributed by atoms with Gasteiger partial charge in [-0.2, -0.15) is 0 Å². The summed E-state index contributed by atoms with van der Waals surface area (Å²) in [5, 5.41) is 14.0. The SMILES string of the molecule is COc1ccccc1C(=O)Nc1nc(C)c(Cc2ccc([N+](=O)[O-])cc2)s1. The van der Waals surface area contributed by atoms with Crippen LogP contribution < -0.4 is 10.1 Å². The quantitative estimate of drug-likeness (QED) is 0.508. The van der Waals surface area contributed by atoms with E-state index in [4.69, 9.17) is 4.74 Å². The third-order valence-electron chi connectivity index (χ3n) is 3.98. The number of para-hydroxylation sites is 1. The predicted octanol–water partition coefficient (Wildman–Crippen LogP) is 4.21. The lowest BCUT2D eigenvalue weighted by Crippen LogP contribution is -2.12. The van der Waals surface area contributed by atoms with Crippen LogP contribution in [0, 0.1) is 17.0 Å². The molecule has 1 N–H and O–H groups in total. The van der Waals surface area contributed by atoms with Crippen LogP contribution in [-0.2, 0) is 6.42 Å². The lowest BCUT2D eigenvalue weighted by molar-refractivity contribution is -0.384. The number of amides is 1. The van der Waals surface area contributed by atoms with Crippen LogP contribution in [0.15, 0.2) is 48.5 Å². The monoisotopic (exact) mass is 383 g/mol. The van der Waals surface area contributed by atoms with E-state index in [0.717, 1.165) is 16.1 Å². The van der Waals surface area contributed by atoms with Crippen LogP contribution in [0.1, 0.15) is 26.5 Å². The highest BCUT2D eigenvalue weighted by Gasteiger charge is 2.15. The number of carbonyl (C=O) groups is 1. The maximum Gasteiger partial charge on any atom is 0.269 e. The highest BCUT2D eigenvalue weighted by molar-refractivity contribution is 7.15. The second-order valence-corrected chi connectivity index (χ2v) is 6.87. The first-order valence-electron chi connectivity index (χ1n) is 8.12. The largest absolute Gasteiger partial charge is 0.496 e. The Morgan fingerprint density at radius 1 is 1.22 bits per heavy atom. The van der Waals surface area contributed by atoms with Gasteiger partial charge in [-0.25, -0.2) is 4.98 Å². The van der Waals surface area contributed by atoms with Crippen LogP contribution in [0.25, 0.3) is 0 Å². The van der Waals surface area contributed by atoms with Crippen molar-refractivity contribution in [3.8, 4) is 5.75 Å². The Kier molecular flexibility index (Phi) is 5.46. The van der Waals surface area contributed by atoms with Crippen LogP contribution in [-0.4, -0.2) is 22.9 Å². The Bertz CT molecular complexity index is 983. The molecule has 138 valence electrons. The summed E-state index contributed by atoms with van der Waals surface area (Å²) in [4.78, 5) is 28.2. The molecule has 0 aliphatic rings. The molecule has 1 aromatic heterocycles. The van der Waals surface area contributed by atoms with Crippen LogP contribution in [0.4, 0.5) is 10.8 Å². The molecule has 0 saturated carbocycles. The smallest absolute Gasteiger partial charge is 0.269 e. The van der Waals surface area contributed by atoms with Gasteiger partial charge in [0, 0.05) is 23.4 Å². The molecule has 0 unspecified atom stereocenters. The molecule has 27 heavy (non-hydrogen) atoms. The average molecular weight is 383 g/mol. The number of non-ortho nitro benzene ring substituents is 1. The van der Waals surface area contributed by atoms with Crippen LogP contribution in [0.5, 0.6) is 5.75 Å². The summed E-state index contributed by atoms with van der Waals surface area (Å²) < 4.78 is 5.21. The van der Waals surface area contributed by atoms with Crippen molar-refractivity contribution in [2.45, 2.75) is 13.3 Å². The van der Waals surface area contributed by atoms with E-state index in [2.05, 4.69) is 10.3 Å². The lowest BCUT2D eigenvalue weighted by Gasteiger charge is -2.06. The number of nitro groups is 1. The topological polar surface area (TPSA) is 94.4 Å². The number of carbonyl (C=O) groups excluding carboxylic acids is 1. The molecule has 0 aliphatic carbocycles. The van der Waals surface area contributed by atoms with E-state index in [1.165, 1.54) is 30.6 Å². The maximum absolute atomic E-state index is 12.5. The van der Waals surface area contributed by atoms with E-state index in [1.807, 2.05) is 6.92 Å². The van der Waals surface area contributed by atoms with E-state index >= 15 is 0 Å². The van der Waals surface area contributed by atoms with Crippen molar-refractivity contribution >= 4 is 28.1 Å². The summed E-state index contributed by atoms with van der Waals surface area (Å²) in [6.07, 6.45) is 0.589. The number of rotatable bonds is 6. The molecule has 0 saturated heterocycles. The second kappa shape index (κ2) is 7.96. The molecule has 3 rings (SSSR count). The highest BCUT2D eigenvalue weighted by atomic mass is 32.1. The van der Waals surface area contributed by atoms with Crippen LogP contribution in [0.3, 0.4) is 0 Å². The van der Waals surface area contributed by atoms with E-state index in [1.54, 1.807) is 36.4 Å². The van der Waals surface area contributed by atoms with Gasteiger partial charge in [0.15, 0.2) is 5.13 Å². The maximum atomic E-state index is 12.5. The fourth-order valence-corrected chi connectivity index (χ4v) is 3.55. The molecule has 0 bridgehead atoms. The number of nitrogens with one attached hydrogen (secondary N) is 1. The van der Waals surface area contributed by atoms with Gasteiger partial charge in [0.2, 0.25) is 0 Å². The van der Waals surface area contributed by atoms with Crippen molar-refractivity contribution in [3.05, 3.63) is 80.3 Å². The number of ether oxygens (including phenoxy) is 1. The van der Waals surface area contributed by atoms with Gasteiger partial charge in [-0.3, -0.25) is 20.2 Å². The Morgan fingerprint density at radius 2 is 1.93 bits per heavy atom. The number of methoxy groups -OCH3 is 1. The third-order valence-corrected chi connectivity index (χ3v) is 5.05. The molecule has 1 amide bonds. The number of aromatic nitrogens is 1. The Hall–Kier alpha value is -3.26. The minimum absolute atomic E-state index is 0.0598. The van der Waals surface area contributed by atoms with Gasteiger partial charge in [-0.1, -0.05) is 24.3 Å². The Labute approximate surface area is 159 Å². The zero-order valence-electron chi connectivity index (χ0n) is 14.8. The minimum Gasteiger partial charge on any atom is -0.496 e. The molecule has 2 aromatic carbocycles. The van der Waals surface area contributed by atoms with E-state index in [9.17, 15) is 14.9 Å². The molecule has 0 atom stereocenters. The number of hydrogen-bond acceptors (Lipinski definition) is 6. The van der Waals surface area contributed by atoms with Crippen molar-refractivity contribution in [1.29, 1.82) is 0 Å². The summed E-state index contributed by atoms with van der Waals surface area (Å²) in [6, 6.07) is 13.4. The van der Waals surface area contributed by atoms with E-state index in [-0.39, 0.29) is 11.6 Å². The van der Waals surface area contributed by atoms with Crippen molar-refractivity contribution in [2.75, 3.05) is 12.4 Å². The number of nitro benzene ring substituents is 1. The van der Waals surface area contributed by atoms with Gasteiger partial charge in [-0.15, -0.1) is 11.3 Å². The third kappa shape index (κ3) is 4.29. The zero-order chi connectivity index (χ0) is 19.4. The van der Waals surface area contributed by atoms with Crippen molar-refractivity contribution in [3.63, 3.8) is 0 Å². The second-order valence-electron chi connectivity index (χ2n) is 5.78. The van der Waals surface area contributed by atoms with Crippen molar-refractivity contribution < 1.29 is 14.5 Å². The molecule has 0 fully saturated rings. The molecule has 0 aliphatic heterocycles. The molecular weight excluding hydrogens is 366 g/mol. The highest BCUT2D eigenvalue weighted by Crippen LogP contribution is 2.27. The summed E-state index contributed by atoms with van der Waals surface area (Å²) in [6.45, 7) is 1.87. The number of anilines is 1. The van der Waals surface area contributed by atoms with Crippen molar-refractivity contribution in [2.24, 2.45) is 0 Å². The summed E-state index contributed by atoms with van der Waals surface area (Å²) in [5.41, 5.74) is 2.25.